The molecule has 2 rings (SSSR count). The summed E-state index contributed by atoms with van der Waals surface area (Å²) < 4.78 is 0. The van der Waals surface area contributed by atoms with Crippen molar-refractivity contribution in [3.63, 3.8) is 0 Å². The molecule has 7 heteroatoms. The summed E-state index contributed by atoms with van der Waals surface area (Å²) in [6.07, 6.45) is 0.770. The van der Waals surface area contributed by atoms with Crippen molar-refractivity contribution < 1.29 is 29.7 Å². The molecule has 2 aliphatic carbocycles. The van der Waals surface area contributed by atoms with Gasteiger partial charge < -0.3 is 21.1 Å². The number of rotatable bonds is 3. The van der Waals surface area contributed by atoms with Gasteiger partial charge in [-0.15, -0.1) is 0 Å². The Labute approximate surface area is 95.5 Å². The molecule has 0 aromatic carbocycles. The summed E-state index contributed by atoms with van der Waals surface area (Å²) >= 11 is 0. The molecule has 0 heterocycles. The van der Waals surface area contributed by atoms with Gasteiger partial charge in [0, 0.05) is 17.9 Å². The standard InChI is InChI=1S/C10H11NO6/c11-10(9(16)17)2-3(1-4(12)13)5-6(7(5)10)8(14)15/h1,5-7H,2,11H2,(H,12,13)(H,14,15)(H,16,17)/b3-1+. The zero-order valence-corrected chi connectivity index (χ0v) is 8.66. The monoisotopic (exact) mass is 241 g/mol. The van der Waals surface area contributed by atoms with Gasteiger partial charge in [0.25, 0.3) is 0 Å². The normalized spacial score (nSPS) is 41.0. The van der Waals surface area contributed by atoms with E-state index in [1.807, 2.05) is 0 Å². The first kappa shape index (κ1) is 11.6. The van der Waals surface area contributed by atoms with E-state index in [-0.39, 0.29) is 6.42 Å². The van der Waals surface area contributed by atoms with E-state index in [0.29, 0.717) is 5.57 Å². The average Bonchev–Trinajstić information content (AvgIpc) is 2.84. The van der Waals surface area contributed by atoms with Crippen LogP contribution in [0, 0.1) is 17.8 Å². The Morgan fingerprint density at radius 2 is 1.88 bits per heavy atom. The van der Waals surface area contributed by atoms with Gasteiger partial charge in [0.15, 0.2) is 0 Å². The fourth-order valence-electron chi connectivity index (χ4n) is 2.82. The first-order valence-electron chi connectivity index (χ1n) is 4.97. The molecule has 0 amide bonds. The molecular weight excluding hydrogens is 230 g/mol. The first-order chi connectivity index (χ1) is 7.79. The predicted molar refractivity (Wildman–Crippen MR) is 53.0 cm³/mol. The molecule has 2 saturated carbocycles. The van der Waals surface area contributed by atoms with Gasteiger partial charge in [0.1, 0.15) is 5.54 Å². The Balaban J connectivity index is 2.36. The van der Waals surface area contributed by atoms with Crippen LogP contribution >= 0.6 is 0 Å². The lowest BCUT2D eigenvalue weighted by molar-refractivity contribution is -0.145. The highest BCUT2D eigenvalue weighted by molar-refractivity contribution is 5.89. The highest BCUT2D eigenvalue weighted by Crippen LogP contribution is 2.64. The van der Waals surface area contributed by atoms with E-state index in [4.69, 9.17) is 21.1 Å². The molecule has 0 saturated heterocycles. The first-order valence-corrected chi connectivity index (χ1v) is 4.97. The van der Waals surface area contributed by atoms with Crippen molar-refractivity contribution in [1.82, 2.24) is 0 Å². The summed E-state index contributed by atoms with van der Waals surface area (Å²) in [7, 11) is 0. The largest absolute Gasteiger partial charge is 0.481 e. The van der Waals surface area contributed by atoms with Crippen LogP contribution in [-0.2, 0) is 14.4 Å². The van der Waals surface area contributed by atoms with Crippen LogP contribution in [0.3, 0.4) is 0 Å². The fraction of sp³-hybridized carbons (Fsp3) is 0.500. The van der Waals surface area contributed by atoms with Crippen molar-refractivity contribution in [2.45, 2.75) is 12.0 Å². The van der Waals surface area contributed by atoms with Crippen molar-refractivity contribution in [3.05, 3.63) is 11.6 Å². The second-order valence-corrected chi connectivity index (χ2v) is 4.50. The summed E-state index contributed by atoms with van der Waals surface area (Å²) in [5.74, 6) is -5.77. The highest BCUT2D eigenvalue weighted by atomic mass is 16.4. The van der Waals surface area contributed by atoms with Gasteiger partial charge >= 0.3 is 17.9 Å². The van der Waals surface area contributed by atoms with Gasteiger partial charge in [-0.1, -0.05) is 5.57 Å². The van der Waals surface area contributed by atoms with Crippen LogP contribution in [0.15, 0.2) is 11.6 Å². The number of nitrogens with two attached hydrogens (primary N) is 1. The summed E-state index contributed by atoms with van der Waals surface area (Å²) in [6.45, 7) is 0. The summed E-state index contributed by atoms with van der Waals surface area (Å²) in [6, 6.07) is 0. The van der Waals surface area contributed by atoms with Gasteiger partial charge in [-0.2, -0.15) is 0 Å². The third-order valence-electron chi connectivity index (χ3n) is 3.53. The van der Waals surface area contributed by atoms with Crippen LogP contribution in [0.5, 0.6) is 0 Å². The molecule has 92 valence electrons. The summed E-state index contributed by atoms with van der Waals surface area (Å²) in [4.78, 5) is 32.5. The van der Waals surface area contributed by atoms with Crippen molar-refractivity contribution in [2.75, 3.05) is 0 Å². The van der Waals surface area contributed by atoms with E-state index < -0.39 is 41.2 Å². The molecule has 0 aromatic rings. The molecule has 0 aromatic heterocycles. The van der Waals surface area contributed by atoms with Gasteiger partial charge in [-0.05, 0) is 6.42 Å². The number of carbonyl (C=O) groups is 3. The molecule has 0 radical (unpaired) electrons. The summed E-state index contributed by atoms with van der Waals surface area (Å²) in [5, 5.41) is 26.6. The third-order valence-corrected chi connectivity index (χ3v) is 3.53. The van der Waals surface area contributed by atoms with Crippen LogP contribution in [0.2, 0.25) is 0 Å². The van der Waals surface area contributed by atoms with E-state index in [0.717, 1.165) is 6.08 Å². The molecule has 4 unspecified atom stereocenters. The van der Waals surface area contributed by atoms with Crippen molar-refractivity contribution in [3.8, 4) is 0 Å². The zero-order chi connectivity index (χ0) is 13.0. The van der Waals surface area contributed by atoms with Crippen LogP contribution in [0.4, 0.5) is 0 Å². The van der Waals surface area contributed by atoms with E-state index in [2.05, 4.69) is 0 Å². The lowest BCUT2D eigenvalue weighted by Crippen LogP contribution is -2.49. The Morgan fingerprint density at radius 3 is 2.29 bits per heavy atom. The number of carboxylic acid groups (broad SMARTS) is 3. The molecule has 0 spiro atoms. The second-order valence-electron chi connectivity index (χ2n) is 4.50. The number of fused-ring (bicyclic) bond motifs is 1. The molecular formula is C10H11NO6. The second kappa shape index (κ2) is 3.30. The smallest absolute Gasteiger partial charge is 0.328 e. The van der Waals surface area contributed by atoms with Gasteiger partial charge in [0.2, 0.25) is 0 Å². The maximum atomic E-state index is 11.1. The quantitative estimate of drug-likeness (QED) is 0.471. The zero-order valence-electron chi connectivity index (χ0n) is 8.66. The number of aliphatic carboxylic acids is 3. The molecule has 17 heavy (non-hydrogen) atoms. The maximum absolute atomic E-state index is 11.1. The Kier molecular flexibility index (Phi) is 2.25. The Bertz CT molecular complexity index is 456. The Hall–Kier alpha value is -1.89. The van der Waals surface area contributed by atoms with E-state index >= 15 is 0 Å². The molecule has 0 aliphatic heterocycles. The van der Waals surface area contributed by atoms with E-state index in [1.54, 1.807) is 0 Å². The molecule has 0 bridgehead atoms. The SMILES string of the molecule is NC1(C(=O)O)C/C(=C\C(=O)O)C2C(C(=O)O)C21. The third kappa shape index (κ3) is 1.50. The van der Waals surface area contributed by atoms with Gasteiger partial charge in [0.05, 0.1) is 5.92 Å². The van der Waals surface area contributed by atoms with Gasteiger partial charge in [-0.25, -0.2) is 4.79 Å². The number of hydrogen-bond donors (Lipinski definition) is 4. The molecule has 2 fully saturated rings. The van der Waals surface area contributed by atoms with Crippen LogP contribution in [0.25, 0.3) is 0 Å². The van der Waals surface area contributed by atoms with Crippen LogP contribution in [-0.4, -0.2) is 38.8 Å². The minimum absolute atomic E-state index is 0.103. The topological polar surface area (TPSA) is 138 Å². The predicted octanol–water partition coefficient (Wildman–Crippen LogP) is -0.870. The lowest BCUT2D eigenvalue weighted by atomic mass is 9.90. The molecule has 5 N–H and O–H groups in total. The molecule has 4 atom stereocenters. The van der Waals surface area contributed by atoms with E-state index in [9.17, 15) is 14.4 Å². The van der Waals surface area contributed by atoms with Crippen molar-refractivity contribution in [1.29, 1.82) is 0 Å². The Morgan fingerprint density at radius 1 is 1.29 bits per heavy atom. The van der Waals surface area contributed by atoms with Crippen LogP contribution < -0.4 is 5.73 Å². The number of carboxylic acids is 3. The lowest BCUT2D eigenvalue weighted by Gasteiger charge is -2.21. The van der Waals surface area contributed by atoms with Gasteiger partial charge in [-0.3, -0.25) is 9.59 Å². The summed E-state index contributed by atoms with van der Waals surface area (Å²) in [5.41, 5.74) is 4.33. The molecule has 7 nitrogen and oxygen atoms in total. The highest BCUT2D eigenvalue weighted by Gasteiger charge is 2.72. The van der Waals surface area contributed by atoms with E-state index in [1.165, 1.54) is 0 Å². The molecule has 2 aliphatic rings. The average molecular weight is 241 g/mol. The number of hydrogen-bond acceptors (Lipinski definition) is 4. The van der Waals surface area contributed by atoms with Crippen molar-refractivity contribution in [2.24, 2.45) is 23.5 Å². The minimum atomic E-state index is -1.66. The maximum Gasteiger partial charge on any atom is 0.328 e. The fourth-order valence-corrected chi connectivity index (χ4v) is 2.82. The van der Waals surface area contributed by atoms with Crippen LogP contribution in [0.1, 0.15) is 6.42 Å². The van der Waals surface area contributed by atoms with Crippen molar-refractivity contribution >= 4 is 17.9 Å². The minimum Gasteiger partial charge on any atom is -0.481 e.